The first kappa shape index (κ1) is 17.1. The Morgan fingerprint density at radius 1 is 1.12 bits per heavy atom. The molecule has 1 aromatic rings. The highest BCUT2D eigenvalue weighted by atomic mass is 35.5. The number of hydrogen-bond acceptors (Lipinski definition) is 2. The van der Waals surface area contributed by atoms with Crippen LogP contribution in [-0.2, 0) is 0 Å². The molecule has 1 aromatic carbocycles. The van der Waals surface area contributed by atoms with Crippen LogP contribution in [0.4, 0.5) is 5.69 Å². The number of hydrogen-bond donors (Lipinski definition) is 0. The van der Waals surface area contributed by atoms with E-state index in [1.54, 1.807) is 0 Å². The number of halogens is 2. The largest absolute Gasteiger partial charge is 0.342 e. The zero-order chi connectivity index (χ0) is 16.7. The molecule has 24 heavy (non-hydrogen) atoms. The van der Waals surface area contributed by atoms with Crippen molar-refractivity contribution in [3.63, 3.8) is 0 Å². The van der Waals surface area contributed by atoms with E-state index in [1.807, 2.05) is 30.8 Å². The van der Waals surface area contributed by atoms with Crippen molar-refractivity contribution in [2.24, 2.45) is 4.99 Å². The van der Waals surface area contributed by atoms with Crippen molar-refractivity contribution in [1.29, 1.82) is 0 Å². The third-order valence-corrected chi connectivity index (χ3v) is 8.06. The van der Waals surface area contributed by atoms with Crippen LogP contribution in [0.3, 0.4) is 0 Å². The molecule has 2 nitrogen and oxygen atoms in total. The second kappa shape index (κ2) is 6.74. The zero-order valence-corrected chi connectivity index (χ0v) is 16.5. The molecule has 130 valence electrons. The highest BCUT2D eigenvalue weighted by Crippen LogP contribution is 2.48. The van der Waals surface area contributed by atoms with Crippen LogP contribution >= 0.6 is 35.0 Å². The quantitative estimate of drug-likeness (QED) is 0.572. The molecule has 2 saturated carbocycles. The summed E-state index contributed by atoms with van der Waals surface area (Å²) in [5.41, 5.74) is 2.31. The maximum Gasteiger partial charge on any atom is 0.165 e. The van der Waals surface area contributed by atoms with Gasteiger partial charge in [-0.3, -0.25) is 0 Å². The van der Waals surface area contributed by atoms with Gasteiger partial charge < -0.3 is 4.90 Å². The Bertz CT molecular complexity index is 662. The normalized spacial score (nSPS) is 25.5. The minimum Gasteiger partial charge on any atom is -0.342 e. The molecule has 0 aromatic heterocycles. The Hall–Kier alpha value is -0.380. The lowest BCUT2D eigenvalue weighted by Crippen LogP contribution is -2.50. The van der Waals surface area contributed by atoms with Gasteiger partial charge in [0.2, 0.25) is 0 Å². The first-order chi connectivity index (χ1) is 11.6. The van der Waals surface area contributed by atoms with Crippen LogP contribution in [0.2, 0.25) is 10.0 Å². The van der Waals surface area contributed by atoms with Crippen LogP contribution in [0.15, 0.2) is 17.1 Å². The molecular formula is C19H24Cl2N2S. The summed E-state index contributed by atoms with van der Waals surface area (Å²) < 4.78 is 0. The van der Waals surface area contributed by atoms with Crippen LogP contribution < -0.4 is 0 Å². The van der Waals surface area contributed by atoms with Gasteiger partial charge in [-0.15, -0.1) is 0 Å². The number of rotatable bonds is 2. The summed E-state index contributed by atoms with van der Waals surface area (Å²) in [5.74, 6) is 1.20. The van der Waals surface area contributed by atoms with E-state index in [-0.39, 0.29) is 0 Å². The lowest BCUT2D eigenvalue weighted by Gasteiger charge is -2.40. The van der Waals surface area contributed by atoms with Gasteiger partial charge in [-0.05, 0) is 50.3 Å². The number of aliphatic imine (C=N–C) groups is 1. The molecule has 1 aliphatic heterocycles. The third-order valence-electron chi connectivity index (χ3n) is 5.94. The van der Waals surface area contributed by atoms with E-state index < -0.39 is 0 Å². The molecule has 0 atom stereocenters. The summed E-state index contributed by atoms with van der Waals surface area (Å²) in [6, 6.07) is 4.55. The minimum atomic E-state index is 0.364. The van der Waals surface area contributed by atoms with E-state index in [2.05, 4.69) is 4.90 Å². The molecule has 5 heteroatoms. The first-order valence-corrected chi connectivity index (χ1v) is 10.8. The molecule has 0 amide bonds. The molecule has 1 spiro atoms. The van der Waals surface area contributed by atoms with Gasteiger partial charge >= 0.3 is 0 Å². The van der Waals surface area contributed by atoms with Gasteiger partial charge in [-0.2, -0.15) is 0 Å². The molecule has 1 saturated heterocycles. The second-order valence-corrected chi connectivity index (χ2v) is 9.16. The fraction of sp³-hybridized carbons (Fsp3) is 0.632. The standard InChI is InChI=1S/C19H24Cl2N2S/c1-13-16(9-8-15(20)17(13)21)22-18-23(14-6-2-3-7-14)19(12-24-18)10-4-5-11-19/h8-9,14H,2-7,10-12H2,1H3. The maximum atomic E-state index is 6.33. The Kier molecular flexibility index (Phi) is 4.79. The van der Waals surface area contributed by atoms with Crippen molar-refractivity contribution < 1.29 is 0 Å². The van der Waals surface area contributed by atoms with Gasteiger partial charge in [-0.25, -0.2) is 4.99 Å². The number of benzene rings is 1. The summed E-state index contributed by atoms with van der Waals surface area (Å²) in [5, 5.41) is 2.45. The lowest BCUT2D eigenvalue weighted by molar-refractivity contribution is 0.163. The van der Waals surface area contributed by atoms with Crippen molar-refractivity contribution in [3.8, 4) is 0 Å². The van der Waals surface area contributed by atoms with Crippen molar-refractivity contribution >= 4 is 45.8 Å². The van der Waals surface area contributed by atoms with E-state index in [0.29, 0.717) is 21.6 Å². The van der Waals surface area contributed by atoms with Gasteiger partial charge in [0.1, 0.15) is 0 Å². The fourth-order valence-electron chi connectivity index (χ4n) is 4.62. The average molecular weight is 383 g/mol. The van der Waals surface area contributed by atoms with Crippen LogP contribution in [-0.4, -0.2) is 27.4 Å². The summed E-state index contributed by atoms with van der Waals surface area (Å²) in [4.78, 5) is 7.79. The van der Waals surface area contributed by atoms with E-state index in [9.17, 15) is 0 Å². The minimum absolute atomic E-state index is 0.364. The molecule has 3 aliphatic rings. The highest BCUT2D eigenvalue weighted by molar-refractivity contribution is 8.14. The first-order valence-electron chi connectivity index (χ1n) is 9.06. The van der Waals surface area contributed by atoms with Gasteiger partial charge in [0.25, 0.3) is 0 Å². The van der Waals surface area contributed by atoms with E-state index in [4.69, 9.17) is 28.2 Å². The third kappa shape index (κ3) is 2.87. The van der Waals surface area contributed by atoms with Crippen LogP contribution in [0.1, 0.15) is 56.9 Å². The summed E-state index contributed by atoms with van der Waals surface area (Å²) in [7, 11) is 0. The monoisotopic (exact) mass is 382 g/mol. The summed E-state index contributed by atoms with van der Waals surface area (Å²) in [6.07, 6.45) is 10.8. The predicted octanol–water partition coefficient (Wildman–Crippen LogP) is 6.59. The van der Waals surface area contributed by atoms with Crippen molar-refractivity contribution in [3.05, 3.63) is 27.7 Å². The van der Waals surface area contributed by atoms with Gasteiger partial charge in [0.05, 0.1) is 21.3 Å². The van der Waals surface area contributed by atoms with Gasteiger partial charge in [0, 0.05) is 11.8 Å². The van der Waals surface area contributed by atoms with Crippen LogP contribution in [0.25, 0.3) is 0 Å². The van der Waals surface area contributed by atoms with E-state index >= 15 is 0 Å². The average Bonchev–Trinajstić information content (AvgIpc) is 3.31. The topological polar surface area (TPSA) is 15.6 Å². The predicted molar refractivity (Wildman–Crippen MR) is 106 cm³/mol. The van der Waals surface area contributed by atoms with Crippen LogP contribution in [0, 0.1) is 6.92 Å². The highest BCUT2D eigenvalue weighted by Gasteiger charge is 2.49. The van der Waals surface area contributed by atoms with E-state index in [1.165, 1.54) is 62.3 Å². The Labute approximate surface area is 159 Å². The molecule has 2 aliphatic carbocycles. The maximum absolute atomic E-state index is 6.33. The zero-order valence-electron chi connectivity index (χ0n) is 14.2. The van der Waals surface area contributed by atoms with E-state index in [0.717, 1.165) is 11.3 Å². The fourth-order valence-corrected chi connectivity index (χ4v) is 6.45. The Morgan fingerprint density at radius 3 is 2.54 bits per heavy atom. The smallest absolute Gasteiger partial charge is 0.165 e. The molecule has 0 unspecified atom stereocenters. The lowest BCUT2D eigenvalue weighted by atomic mass is 9.95. The SMILES string of the molecule is Cc1c(N=C2SCC3(CCCC3)N2C2CCCC2)ccc(Cl)c1Cl. The number of nitrogens with zero attached hydrogens (tertiary/aromatic N) is 2. The summed E-state index contributed by atoms with van der Waals surface area (Å²) >= 11 is 14.4. The molecule has 4 rings (SSSR count). The molecule has 1 heterocycles. The molecule has 0 N–H and O–H groups in total. The number of thioether (sulfide) groups is 1. The molecule has 0 radical (unpaired) electrons. The molecule has 0 bridgehead atoms. The molecular weight excluding hydrogens is 359 g/mol. The van der Waals surface area contributed by atoms with Crippen molar-refractivity contribution in [2.75, 3.05) is 5.75 Å². The van der Waals surface area contributed by atoms with Gasteiger partial charge in [-0.1, -0.05) is 60.6 Å². The van der Waals surface area contributed by atoms with Gasteiger partial charge in [0.15, 0.2) is 5.17 Å². The second-order valence-electron chi connectivity index (χ2n) is 7.43. The van der Waals surface area contributed by atoms with Crippen molar-refractivity contribution in [2.45, 2.75) is 69.9 Å². The number of amidine groups is 1. The Morgan fingerprint density at radius 2 is 1.83 bits per heavy atom. The molecule has 3 fully saturated rings. The van der Waals surface area contributed by atoms with Crippen molar-refractivity contribution in [1.82, 2.24) is 4.90 Å². The summed E-state index contributed by atoms with van der Waals surface area (Å²) in [6.45, 7) is 2.01. The van der Waals surface area contributed by atoms with Crippen LogP contribution in [0.5, 0.6) is 0 Å². The Balaban J connectivity index is 1.72.